The predicted molar refractivity (Wildman–Crippen MR) is 71.6 cm³/mol. The molecule has 6 heteroatoms. The second-order valence-electron chi connectivity index (χ2n) is 4.50. The van der Waals surface area contributed by atoms with E-state index >= 15 is 0 Å². The minimum absolute atomic E-state index is 0.0281. The molecule has 4 nitrogen and oxygen atoms in total. The lowest BCUT2D eigenvalue weighted by Crippen LogP contribution is -2.24. The van der Waals surface area contributed by atoms with Crippen molar-refractivity contribution in [1.29, 1.82) is 0 Å². The highest BCUT2D eigenvalue weighted by atomic mass is 19.3. The van der Waals surface area contributed by atoms with Crippen LogP contribution in [0.15, 0.2) is 36.7 Å². The Morgan fingerprint density at radius 2 is 1.95 bits per heavy atom. The van der Waals surface area contributed by atoms with Gasteiger partial charge in [-0.2, -0.15) is 8.78 Å². The smallest absolute Gasteiger partial charge is 0.387 e. The van der Waals surface area contributed by atoms with Crippen molar-refractivity contribution < 1.29 is 13.5 Å². The van der Waals surface area contributed by atoms with Gasteiger partial charge in [0.25, 0.3) is 0 Å². The predicted octanol–water partition coefficient (Wildman–Crippen LogP) is 3.42. The number of nitrogens with zero attached hydrogens (tertiary/aromatic N) is 1. The summed E-state index contributed by atoms with van der Waals surface area (Å²) in [5.41, 5.74) is 0.686. The summed E-state index contributed by atoms with van der Waals surface area (Å²) < 4.78 is 29.3. The van der Waals surface area contributed by atoms with Crippen molar-refractivity contribution in [2.24, 2.45) is 0 Å². The van der Waals surface area contributed by atoms with Crippen LogP contribution in [0.1, 0.15) is 37.3 Å². The van der Waals surface area contributed by atoms with Crippen LogP contribution in [0.5, 0.6) is 5.75 Å². The molecule has 2 atom stereocenters. The molecular formula is C14H17F2N3O. The van der Waals surface area contributed by atoms with Crippen LogP contribution < -0.4 is 10.1 Å². The number of imidazole rings is 1. The standard InChI is InChI=1S/C14H17F2N3O/c1-9(19-10(2)13-17-7-8-18-13)11-5-3-4-6-12(11)20-14(15)16/h3-10,14,19H,1-2H3,(H,17,18). The third-order valence-corrected chi connectivity index (χ3v) is 3.03. The van der Waals surface area contributed by atoms with Crippen molar-refractivity contribution >= 4 is 0 Å². The van der Waals surface area contributed by atoms with Crippen LogP contribution in [-0.2, 0) is 0 Å². The van der Waals surface area contributed by atoms with Gasteiger partial charge in [-0.1, -0.05) is 18.2 Å². The summed E-state index contributed by atoms with van der Waals surface area (Å²) in [5, 5.41) is 3.29. The minimum atomic E-state index is -2.83. The number of H-pyrrole nitrogens is 1. The molecule has 2 N–H and O–H groups in total. The molecule has 0 saturated carbocycles. The Balaban J connectivity index is 2.10. The first-order valence-corrected chi connectivity index (χ1v) is 6.37. The van der Waals surface area contributed by atoms with Crippen molar-refractivity contribution in [2.45, 2.75) is 32.5 Å². The van der Waals surface area contributed by atoms with Gasteiger partial charge in [-0.3, -0.25) is 0 Å². The molecule has 2 unspecified atom stereocenters. The average molecular weight is 281 g/mol. The van der Waals surface area contributed by atoms with Gasteiger partial charge >= 0.3 is 6.61 Å². The van der Waals surface area contributed by atoms with Crippen molar-refractivity contribution in [3.05, 3.63) is 48.0 Å². The van der Waals surface area contributed by atoms with Crippen LogP contribution in [0.4, 0.5) is 8.78 Å². The number of rotatable bonds is 6. The zero-order valence-electron chi connectivity index (χ0n) is 11.3. The van der Waals surface area contributed by atoms with Crippen LogP contribution in [0.3, 0.4) is 0 Å². The van der Waals surface area contributed by atoms with Crippen LogP contribution in [0, 0.1) is 0 Å². The van der Waals surface area contributed by atoms with E-state index in [4.69, 9.17) is 0 Å². The number of para-hydroxylation sites is 1. The van der Waals surface area contributed by atoms with E-state index in [1.165, 1.54) is 6.07 Å². The maximum absolute atomic E-state index is 12.4. The van der Waals surface area contributed by atoms with Gasteiger partial charge < -0.3 is 15.0 Å². The zero-order chi connectivity index (χ0) is 14.5. The molecule has 1 aromatic heterocycles. The van der Waals surface area contributed by atoms with Crippen LogP contribution in [0.2, 0.25) is 0 Å². The number of aromatic amines is 1. The largest absolute Gasteiger partial charge is 0.434 e. The summed E-state index contributed by atoms with van der Waals surface area (Å²) in [6.07, 6.45) is 3.41. The molecule has 0 aliphatic rings. The summed E-state index contributed by atoms with van der Waals surface area (Å²) in [7, 11) is 0. The molecular weight excluding hydrogens is 264 g/mol. The number of aromatic nitrogens is 2. The van der Waals surface area contributed by atoms with Gasteiger partial charge in [0.2, 0.25) is 0 Å². The van der Waals surface area contributed by atoms with E-state index in [0.29, 0.717) is 5.56 Å². The van der Waals surface area contributed by atoms with Crippen LogP contribution in [0.25, 0.3) is 0 Å². The van der Waals surface area contributed by atoms with Gasteiger partial charge in [0.1, 0.15) is 11.6 Å². The van der Waals surface area contributed by atoms with E-state index in [1.54, 1.807) is 30.6 Å². The average Bonchev–Trinajstić information content (AvgIpc) is 2.92. The molecule has 2 rings (SSSR count). The summed E-state index contributed by atoms with van der Waals surface area (Å²) in [4.78, 5) is 7.18. The number of benzene rings is 1. The molecule has 0 saturated heterocycles. The Morgan fingerprint density at radius 3 is 2.60 bits per heavy atom. The zero-order valence-corrected chi connectivity index (χ0v) is 11.3. The normalized spacial score (nSPS) is 14.2. The van der Waals surface area contributed by atoms with Crippen molar-refractivity contribution in [3.8, 4) is 5.75 Å². The molecule has 0 spiro atoms. The lowest BCUT2D eigenvalue weighted by molar-refractivity contribution is -0.0506. The molecule has 0 amide bonds. The van der Waals surface area contributed by atoms with E-state index in [0.717, 1.165) is 5.82 Å². The van der Waals surface area contributed by atoms with E-state index in [9.17, 15) is 8.78 Å². The Bertz CT molecular complexity index is 531. The molecule has 0 bridgehead atoms. The fourth-order valence-corrected chi connectivity index (χ4v) is 2.10. The monoisotopic (exact) mass is 281 g/mol. The highest BCUT2D eigenvalue weighted by Crippen LogP contribution is 2.27. The summed E-state index contributed by atoms with van der Waals surface area (Å²) >= 11 is 0. The van der Waals surface area contributed by atoms with Gasteiger partial charge in [-0.25, -0.2) is 4.98 Å². The van der Waals surface area contributed by atoms with E-state index in [1.807, 2.05) is 13.8 Å². The Labute approximate surface area is 116 Å². The van der Waals surface area contributed by atoms with Crippen molar-refractivity contribution in [2.75, 3.05) is 0 Å². The molecule has 0 fully saturated rings. The first-order chi connectivity index (χ1) is 9.58. The van der Waals surface area contributed by atoms with Gasteiger partial charge in [0.15, 0.2) is 0 Å². The molecule has 108 valence electrons. The number of halogens is 2. The first-order valence-electron chi connectivity index (χ1n) is 6.37. The van der Waals surface area contributed by atoms with E-state index < -0.39 is 6.61 Å². The summed E-state index contributed by atoms with van der Waals surface area (Å²) in [5.74, 6) is 0.984. The Kier molecular flexibility index (Phi) is 4.68. The minimum Gasteiger partial charge on any atom is -0.434 e. The second-order valence-corrected chi connectivity index (χ2v) is 4.50. The van der Waals surface area contributed by atoms with Gasteiger partial charge in [0, 0.05) is 24.0 Å². The highest BCUT2D eigenvalue weighted by Gasteiger charge is 2.17. The number of hydrogen-bond donors (Lipinski definition) is 2. The van der Waals surface area contributed by atoms with Gasteiger partial charge in [-0.15, -0.1) is 0 Å². The third kappa shape index (κ3) is 3.54. The lowest BCUT2D eigenvalue weighted by atomic mass is 10.1. The number of hydrogen-bond acceptors (Lipinski definition) is 3. The number of ether oxygens (including phenoxy) is 1. The van der Waals surface area contributed by atoms with E-state index in [2.05, 4.69) is 20.0 Å². The van der Waals surface area contributed by atoms with Gasteiger partial charge in [-0.05, 0) is 19.9 Å². The SMILES string of the molecule is CC(NC(C)c1ccccc1OC(F)F)c1ncc[nH]1. The Hall–Kier alpha value is -1.95. The number of nitrogens with one attached hydrogen (secondary N) is 2. The first kappa shape index (κ1) is 14.5. The second kappa shape index (κ2) is 6.47. The van der Waals surface area contributed by atoms with Gasteiger partial charge in [0.05, 0.1) is 6.04 Å². The molecule has 2 aromatic rings. The fraction of sp³-hybridized carbons (Fsp3) is 0.357. The van der Waals surface area contributed by atoms with Crippen LogP contribution in [-0.4, -0.2) is 16.6 Å². The Morgan fingerprint density at radius 1 is 1.20 bits per heavy atom. The fourth-order valence-electron chi connectivity index (χ4n) is 2.10. The quantitative estimate of drug-likeness (QED) is 0.853. The maximum atomic E-state index is 12.4. The van der Waals surface area contributed by atoms with Crippen LogP contribution >= 0.6 is 0 Å². The topological polar surface area (TPSA) is 49.9 Å². The number of alkyl halides is 2. The van der Waals surface area contributed by atoms with Crippen molar-refractivity contribution in [3.63, 3.8) is 0 Å². The summed E-state index contributed by atoms with van der Waals surface area (Å²) in [6, 6.07) is 6.60. The molecule has 0 aliphatic heterocycles. The molecule has 0 aliphatic carbocycles. The molecule has 1 heterocycles. The van der Waals surface area contributed by atoms with E-state index in [-0.39, 0.29) is 17.8 Å². The summed E-state index contributed by atoms with van der Waals surface area (Å²) in [6.45, 7) is 1.02. The molecule has 1 aromatic carbocycles. The highest BCUT2D eigenvalue weighted by molar-refractivity contribution is 5.35. The third-order valence-electron chi connectivity index (χ3n) is 3.03. The molecule has 20 heavy (non-hydrogen) atoms. The van der Waals surface area contributed by atoms with Crippen molar-refractivity contribution in [1.82, 2.24) is 15.3 Å². The lowest BCUT2D eigenvalue weighted by Gasteiger charge is -2.21. The maximum Gasteiger partial charge on any atom is 0.387 e. The molecule has 0 radical (unpaired) electrons.